The maximum absolute atomic E-state index is 12.5. The molecule has 154 valence electrons. The number of amides is 1. The van der Waals surface area contributed by atoms with Crippen molar-refractivity contribution in [1.82, 2.24) is 9.21 Å². The minimum atomic E-state index is -4.87. The molecule has 0 unspecified atom stereocenters. The summed E-state index contributed by atoms with van der Waals surface area (Å²) in [5.74, 6) is -1.03. The number of halogens is 4. The molecule has 12 heteroatoms. The van der Waals surface area contributed by atoms with E-state index in [4.69, 9.17) is 11.6 Å². The third kappa shape index (κ3) is 5.84. The molecule has 1 heterocycles. The molecule has 1 aromatic carbocycles. The molecule has 0 bridgehead atoms. The number of hydrogen-bond acceptors (Lipinski definition) is 5. The second kappa shape index (κ2) is 8.68. The lowest BCUT2D eigenvalue weighted by Crippen LogP contribution is -2.39. The summed E-state index contributed by atoms with van der Waals surface area (Å²) in [7, 11) is -1.32. The van der Waals surface area contributed by atoms with Gasteiger partial charge in [0.25, 0.3) is 10.0 Å². The fraction of sp³-hybridized carbons (Fsp3) is 0.312. The van der Waals surface area contributed by atoms with Crippen LogP contribution in [0, 0.1) is 0 Å². The molecule has 0 saturated carbocycles. The first-order chi connectivity index (χ1) is 12.9. The molecule has 0 aliphatic rings. The van der Waals surface area contributed by atoms with Crippen LogP contribution in [0.3, 0.4) is 0 Å². The van der Waals surface area contributed by atoms with E-state index < -0.39 is 34.6 Å². The smallest absolute Gasteiger partial charge is 0.405 e. The number of carbonyl (C=O) groups is 1. The van der Waals surface area contributed by atoms with Crippen LogP contribution < -0.4 is 4.74 Å². The normalized spacial score (nSPS) is 12.2. The number of rotatable bonds is 7. The van der Waals surface area contributed by atoms with E-state index in [9.17, 15) is 26.4 Å². The van der Waals surface area contributed by atoms with Gasteiger partial charge in [0.15, 0.2) is 0 Å². The van der Waals surface area contributed by atoms with Gasteiger partial charge in [-0.25, -0.2) is 8.42 Å². The van der Waals surface area contributed by atoms with Crippen molar-refractivity contribution in [3.8, 4) is 5.75 Å². The van der Waals surface area contributed by atoms with Crippen molar-refractivity contribution in [2.24, 2.45) is 0 Å². The Balaban J connectivity index is 2.07. The summed E-state index contributed by atoms with van der Waals surface area (Å²) in [5.41, 5.74) is 0.131. The molecular formula is C16H16ClF3N2O4S2. The van der Waals surface area contributed by atoms with E-state index in [1.165, 1.54) is 44.4 Å². The Bertz CT molecular complexity index is 947. The summed E-state index contributed by atoms with van der Waals surface area (Å²) in [6.45, 7) is -0.680. The quantitative estimate of drug-likeness (QED) is 0.638. The molecule has 6 nitrogen and oxygen atoms in total. The molecule has 0 fully saturated rings. The molecule has 0 atom stereocenters. The Morgan fingerprint density at radius 1 is 1.18 bits per heavy atom. The third-order valence-electron chi connectivity index (χ3n) is 3.60. The monoisotopic (exact) mass is 456 g/mol. The van der Waals surface area contributed by atoms with Gasteiger partial charge in [0, 0.05) is 26.2 Å². The number of sulfonamides is 1. The lowest BCUT2D eigenvalue weighted by molar-refractivity contribution is -0.275. The van der Waals surface area contributed by atoms with Gasteiger partial charge in [-0.05, 0) is 18.2 Å². The van der Waals surface area contributed by atoms with Crippen LogP contribution in [0.4, 0.5) is 13.2 Å². The number of benzene rings is 1. The van der Waals surface area contributed by atoms with Crippen LogP contribution >= 0.6 is 22.9 Å². The van der Waals surface area contributed by atoms with Gasteiger partial charge in [-0.3, -0.25) is 4.79 Å². The Morgan fingerprint density at radius 2 is 1.82 bits per heavy atom. The van der Waals surface area contributed by atoms with Crippen LogP contribution in [0.15, 0.2) is 40.6 Å². The molecule has 0 saturated heterocycles. The third-order valence-corrected chi connectivity index (χ3v) is 7.10. The van der Waals surface area contributed by atoms with Crippen LogP contribution in [0.5, 0.6) is 5.75 Å². The zero-order valence-corrected chi connectivity index (χ0v) is 17.1. The molecule has 2 rings (SSSR count). The van der Waals surface area contributed by atoms with Crippen LogP contribution in [0.2, 0.25) is 4.34 Å². The Kier molecular flexibility index (Phi) is 6.97. The van der Waals surface area contributed by atoms with Crippen molar-refractivity contribution in [3.63, 3.8) is 0 Å². The number of carbonyl (C=O) groups excluding carboxylic acids is 1. The molecule has 1 amide bonds. The number of ether oxygens (including phenoxy) is 1. The Labute approximate surface area is 169 Å². The van der Waals surface area contributed by atoms with Crippen LogP contribution in [0.1, 0.15) is 5.56 Å². The summed E-state index contributed by atoms with van der Waals surface area (Å²) in [4.78, 5) is 13.5. The molecule has 0 aliphatic carbocycles. The Morgan fingerprint density at radius 3 is 2.39 bits per heavy atom. The zero-order chi connectivity index (χ0) is 21.1. The minimum Gasteiger partial charge on any atom is -0.405 e. The largest absolute Gasteiger partial charge is 0.573 e. The van der Waals surface area contributed by atoms with Gasteiger partial charge in [0.1, 0.15) is 9.96 Å². The SMILES string of the molecule is CN(Cc1ccccc1OC(F)(F)F)C(=O)CN(C)S(=O)(=O)c1ccc(Cl)s1. The maximum atomic E-state index is 12.5. The predicted molar refractivity (Wildman–Crippen MR) is 98.7 cm³/mol. The maximum Gasteiger partial charge on any atom is 0.573 e. The van der Waals surface area contributed by atoms with Crippen molar-refractivity contribution in [2.45, 2.75) is 17.1 Å². The lowest BCUT2D eigenvalue weighted by Gasteiger charge is -2.22. The number of likely N-dealkylation sites (N-methyl/N-ethyl adjacent to an activating group) is 2. The number of para-hydroxylation sites is 1. The first-order valence-electron chi connectivity index (χ1n) is 7.69. The van der Waals surface area contributed by atoms with Crippen molar-refractivity contribution in [2.75, 3.05) is 20.6 Å². The highest BCUT2D eigenvalue weighted by Crippen LogP contribution is 2.28. The van der Waals surface area contributed by atoms with Crippen molar-refractivity contribution in [1.29, 1.82) is 0 Å². The lowest BCUT2D eigenvalue weighted by atomic mass is 10.2. The highest BCUT2D eigenvalue weighted by molar-refractivity contribution is 7.91. The van der Waals surface area contributed by atoms with Crippen molar-refractivity contribution in [3.05, 3.63) is 46.3 Å². The zero-order valence-electron chi connectivity index (χ0n) is 14.7. The van der Waals surface area contributed by atoms with Gasteiger partial charge >= 0.3 is 6.36 Å². The number of thiophene rings is 1. The number of nitrogens with zero attached hydrogens (tertiary/aromatic N) is 2. The topological polar surface area (TPSA) is 66.9 Å². The molecule has 0 radical (unpaired) electrons. The highest BCUT2D eigenvalue weighted by Gasteiger charge is 2.32. The predicted octanol–water partition coefficient (Wildman–Crippen LogP) is 3.58. The van der Waals surface area contributed by atoms with Crippen molar-refractivity contribution >= 4 is 38.9 Å². The Hall–Kier alpha value is -1.82. The summed E-state index contributed by atoms with van der Waals surface area (Å²) < 4.78 is 67.4. The molecule has 1 aromatic heterocycles. The summed E-state index contributed by atoms with van der Waals surface area (Å²) in [6, 6.07) is 8.17. The molecule has 2 aromatic rings. The second-order valence-corrected chi connectivity index (χ2v) is 9.71. The van der Waals surface area contributed by atoms with Crippen molar-refractivity contribution < 1.29 is 31.1 Å². The van der Waals surface area contributed by atoms with E-state index in [0.29, 0.717) is 0 Å². The van der Waals surface area contributed by atoms with Crippen LogP contribution in [-0.2, 0) is 21.4 Å². The van der Waals surface area contributed by atoms with E-state index in [-0.39, 0.29) is 20.7 Å². The van der Waals surface area contributed by atoms with E-state index in [2.05, 4.69) is 4.74 Å². The summed E-state index contributed by atoms with van der Waals surface area (Å²) in [5, 5.41) is 0. The average Bonchev–Trinajstić information content (AvgIpc) is 3.02. The molecule has 28 heavy (non-hydrogen) atoms. The van der Waals surface area contributed by atoms with Gasteiger partial charge in [0.2, 0.25) is 5.91 Å². The van der Waals surface area contributed by atoms with Gasteiger partial charge in [0.05, 0.1) is 10.9 Å². The highest BCUT2D eigenvalue weighted by atomic mass is 35.5. The standard InChI is InChI=1S/C16H16ClF3N2O4S2/c1-21(9-11-5-3-4-6-12(11)26-16(18,19)20)14(23)10-22(2)28(24,25)15-8-7-13(17)27-15/h3-8H,9-10H2,1-2H3. The van der Waals surface area contributed by atoms with Crippen LogP contribution in [0.25, 0.3) is 0 Å². The average molecular weight is 457 g/mol. The van der Waals surface area contributed by atoms with Gasteiger partial charge in [-0.15, -0.1) is 24.5 Å². The molecule has 0 N–H and O–H groups in total. The van der Waals surface area contributed by atoms with E-state index >= 15 is 0 Å². The number of hydrogen-bond donors (Lipinski definition) is 0. The molecule has 0 aliphatic heterocycles. The van der Waals surface area contributed by atoms with E-state index in [0.717, 1.165) is 26.6 Å². The molecular weight excluding hydrogens is 441 g/mol. The fourth-order valence-corrected chi connectivity index (χ4v) is 5.00. The summed E-state index contributed by atoms with van der Waals surface area (Å²) in [6.07, 6.45) is -4.87. The summed E-state index contributed by atoms with van der Waals surface area (Å²) >= 11 is 6.60. The first-order valence-corrected chi connectivity index (χ1v) is 10.3. The number of alkyl halides is 3. The van der Waals surface area contributed by atoms with Gasteiger partial charge in [-0.2, -0.15) is 4.31 Å². The van der Waals surface area contributed by atoms with E-state index in [1.54, 1.807) is 0 Å². The van der Waals surface area contributed by atoms with E-state index in [1.807, 2.05) is 0 Å². The molecule has 0 spiro atoms. The van der Waals surface area contributed by atoms with Crippen LogP contribution in [-0.4, -0.2) is 50.5 Å². The first kappa shape index (κ1) is 22.5. The minimum absolute atomic E-state index is 0.0145. The second-order valence-electron chi connectivity index (χ2n) is 5.72. The van der Waals surface area contributed by atoms with Gasteiger partial charge in [-0.1, -0.05) is 29.8 Å². The fourth-order valence-electron chi connectivity index (χ4n) is 2.19. The van der Waals surface area contributed by atoms with Gasteiger partial charge < -0.3 is 9.64 Å².